The number of carbonyl (C=O) groups excluding carboxylic acids is 1. The molecule has 3 rings (SSSR count). The van der Waals surface area contributed by atoms with Crippen LogP contribution in [-0.4, -0.2) is 47.2 Å². The molecule has 2 heterocycles. The van der Waals surface area contributed by atoms with E-state index in [2.05, 4.69) is 15.3 Å². The van der Waals surface area contributed by atoms with Gasteiger partial charge in [0.2, 0.25) is 0 Å². The average molecular weight is 346 g/mol. The first kappa shape index (κ1) is 16.9. The van der Waals surface area contributed by atoms with Crippen LogP contribution < -0.4 is 5.32 Å². The minimum Gasteiger partial charge on any atom is -0.383 e. The number of hydrogen-bond donors (Lipinski definition) is 1. The summed E-state index contributed by atoms with van der Waals surface area (Å²) in [6, 6.07) is 4.04. The van der Waals surface area contributed by atoms with Crippen molar-refractivity contribution in [2.24, 2.45) is 0 Å². The number of thiazole rings is 1. The van der Waals surface area contributed by atoms with Crippen LogP contribution in [0.1, 0.15) is 25.7 Å². The van der Waals surface area contributed by atoms with E-state index in [1.54, 1.807) is 19.5 Å². The van der Waals surface area contributed by atoms with Gasteiger partial charge in [0.25, 0.3) is 0 Å². The van der Waals surface area contributed by atoms with Crippen molar-refractivity contribution >= 4 is 22.5 Å². The molecule has 7 heteroatoms. The first-order chi connectivity index (χ1) is 11.8. The maximum absolute atomic E-state index is 12.7. The van der Waals surface area contributed by atoms with Gasteiger partial charge in [-0.3, -0.25) is 10.3 Å². The summed E-state index contributed by atoms with van der Waals surface area (Å²) >= 11 is 1.43. The number of carbonyl (C=O) groups is 1. The van der Waals surface area contributed by atoms with E-state index >= 15 is 0 Å². The lowest BCUT2D eigenvalue weighted by Gasteiger charge is -2.28. The SMILES string of the molecule is COCCN(C(=O)Nc1nc(-c2cccnc2)cs1)C1CCCC1. The topological polar surface area (TPSA) is 67.3 Å². The number of pyridine rings is 1. The Hall–Kier alpha value is -1.99. The minimum absolute atomic E-state index is 0.0916. The van der Waals surface area contributed by atoms with E-state index in [-0.39, 0.29) is 6.03 Å². The Balaban J connectivity index is 1.67. The summed E-state index contributed by atoms with van der Waals surface area (Å²) < 4.78 is 5.15. The molecule has 0 atom stereocenters. The Morgan fingerprint density at radius 1 is 1.46 bits per heavy atom. The number of rotatable bonds is 6. The van der Waals surface area contributed by atoms with Crippen LogP contribution in [0.5, 0.6) is 0 Å². The van der Waals surface area contributed by atoms with Crippen molar-refractivity contribution in [2.45, 2.75) is 31.7 Å². The van der Waals surface area contributed by atoms with Gasteiger partial charge in [-0.2, -0.15) is 0 Å². The van der Waals surface area contributed by atoms with Gasteiger partial charge in [0.1, 0.15) is 0 Å². The maximum atomic E-state index is 12.7. The fraction of sp³-hybridized carbons (Fsp3) is 0.471. The Kier molecular flexibility index (Phi) is 5.77. The Morgan fingerprint density at radius 3 is 3.00 bits per heavy atom. The molecular formula is C17H22N4O2S. The second kappa shape index (κ2) is 8.21. The van der Waals surface area contributed by atoms with Crippen molar-refractivity contribution in [3.63, 3.8) is 0 Å². The molecular weight excluding hydrogens is 324 g/mol. The number of aromatic nitrogens is 2. The van der Waals surface area contributed by atoms with Crippen LogP contribution in [0.4, 0.5) is 9.93 Å². The molecule has 0 unspecified atom stereocenters. The predicted octanol–water partition coefficient (Wildman–Crippen LogP) is 3.63. The lowest BCUT2D eigenvalue weighted by Crippen LogP contribution is -2.43. The van der Waals surface area contributed by atoms with Crippen LogP contribution >= 0.6 is 11.3 Å². The van der Waals surface area contributed by atoms with Gasteiger partial charge in [0, 0.05) is 43.0 Å². The lowest BCUT2D eigenvalue weighted by molar-refractivity contribution is 0.136. The molecule has 0 saturated heterocycles. The normalized spacial score (nSPS) is 14.7. The van der Waals surface area contributed by atoms with Gasteiger partial charge >= 0.3 is 6.03 Å². The van der Waals surface area contributed by atoms with Gasteiger partial charge in [-0.1, -0.05) is 12.8 Å². The third kappa shape index (κ3) is 4.10. The van der Waals surface area contributed by atoms with Gasteiger partial charge in [0.05, 0.1) is 12.3 Å². The zero-order valence-electron chi connectivity index (χ0n) is 13.8. The van der Waals surface area contributed by atoms with Crippen molar-refractivity contribution in [3.8, 4) is 11.3 Å². The molecule has 1 fully saturated rings. The van der Waals surface area contributed by atoms with Gasteiger partial charge in [0.15, 0.2) is 5.13 Å². The number of anilines is 1. The predicted molar refractivity (Wildman–Crippen MR) is 95.2 cm³/mol. The third-order valence-electron chi connectivity index (χ3n) is 4.24. The maximum Gasteiger partial charge on any atom is 0.323 e. The third-order valence-corrected chi connectivity index (χ3v) is 5.00. The minimum atomic E-state index is -0.0916. The Morgan fingerprint density at radius 2 is 2.29 bits per heavy atom. The lowest BCUT2D eigenvalue weighted by atomic mass is 10.2. The summed E-state index contributed by atoms with van der Waals surface area (Å²) in [5.41, 5.74) is 1.77. The number of nitrogens with one attached hydrogen (secondary N) is 1. The number of methoxy groups -OCH3 is 1. The number of urea groups is 1. The largest absolute Gasteiger partial charge is 0.383 e. The molecule has 1 saturated carbocycles. The fourth-order valence-corrected chi connectivity index (χ4v) is 3.71. The second-order valence-corrected chi connectivity index (χ2v) is 6.69. The highest BCUT2D eigenvalue weighted by molar-refractivity contribution is 7.14. The van der Waals surface area contributed by atoms with E-state index in [1.165, 1.54) is 24.2 Å². The molecule has 0 spiro atoms. The standard InChI is InChI=1S/C17H22N4O2S/c1-23-10-9-21(14-6-2-3-7-14)17(22)20-16-19-15(12-24-16)13-5-4-8-18-11-13/h4-5,8,11-12,14H,2-3,6-7,9-10H2,1H3,(H,19,20,22). The van der Waals surface area contributed by atoms with Crippen molar-refractivity contribution in [3.05, 3.63) is 29.9 Å². The molecule has 1 N–H and O–H groups in total. The molecule has 0 aromatic carbocycles. The summed E-state index contributed by atoms with van der Waals surface area (Å²) in [4.78, 5) is 23.2. The number of hydrogen-bond acceptors (Lipinski definition) is 5. The van der Waals surface area contributed by atoms with Crippen molar-refractivity contribution in [1.29, 1.82) is 0 Å². The molecule has 0 aliphatic heterocycles. The first-order valence-electron chi connectivity index (χ1n) is 8.20. The highest BCUT2D eigenvalue weighted by Crippen LogP contribution is 2.26. The number of ether oxygens (including phenoxy) is 1. The van der Waals surface area contributed by atoms with Crippen LogP contribution in [0.25, 0.3) is 11.3 Å². The highest BCUT2D eigenvalue weighted by Gasteiger charge is 2.26. The number of amides is 2. The summed E-state index contributed by atoms with van der Waals surface area (Å²) in [6.45, 7) is 1.15. The number of nitrogens with zero attached hydrogens (tertiary/aromatic N) is 3. The molecule has 128 valence electrons. The van der Waals surface area contributed by atoms with E-state index in [4.69, 9.17) is 4.74 Å². The van der Waals surface area contributed by atoms with E-state index < -0.39 is 0 Å². The Bertz CT molecular complexity index is 656. The molecule has 2 aromatic rings. The quantitative estimate of drug-likeness (QED) is 0.867. The summed E-state index contributed by atoms with van der Waals surface area (Å²) in [6.07, 6.45) is 8.00. The van der Waals surface area contributed by atoms with E-state index in [9.17, 15) is 4.79 Å². The van der Waals surface area contributed by atoms with Crippen molar-refractivity contribution < 1.29 is 9.53 Å². The molecule has 2 aromatic heterocycles. The summed E-state index contributed by atoms with van der Waals surface area (Å²) in [7, 11) is 1.66. The molecule has 1 aliphatic rings. The van der Waals surface area contributed by atoms with Crippen molar-refractivity contribution in [1.82, 2.24) is 14.9 Å². The van der Waals surface area contributed by atoms with E-state index in [0.29, 0.717) is 24.3 Å². The molecule has 24 heavy (non-hydrogen) atoms. The van der Waals surface area contributed by atoms with Gasteiger partial charge < -0.3 is 9.64 Å². The van der Waals surface area contributed by atoms with Crippen LogP contribution in [0.2, 0.25) is 0 Å². The molecule has 6 nitrogen and oxygen atoms in total. The molecule has 0 bridgehead atoms. The summed E-state index contributed by atoms with van der Waals surface area (Å²) in [5.74, 6) is 0. The average Bonchev–Trinajstić information content (AvgIpc) is 3.28. The van der Waals surface area contributed by atoms with Gasteiger partial charge in [-0.25, -0.2) is 9.78 Å². The van der Waals surface area contributed by atoms with Gasteiger partial charge in [-0.15, -0.1) is 11.3 Å². The van der Waals surface area contributed by atoms with Crippen LogP contribution in [0.15, 0.2) is 29.9 Å². The van der Waals surface area contributed by atoms with Gasteiger partial charge in [-0.05, 0) is 25.0 Å². The van der Waals surface area contributed by atoms with E-state index in [0.717, 1.165) is 24.1 Å². The monoisotopic (exact) mass is 346 g/mol. The Labute approximate surface area is 145 Å². The highest BCUT2D eigenvalue weighted by atomic mass is 32.1. The summed E-state index contributed by atoms with van der Waals surface area (Å²) in [5, 5.41) is 5.48. The van der Waals surface area contributed by atoms with Crippen LogP contribution in [-0.2, 0) is 4.74 Å². The molecule has 0 radical (unpaired) electrons. The van der Waals surface area contributed by atoms with Crippen LogP contribution in [0, 0.1) is 0 Å². The zero-order valence-corrected chi connectivity index (χ0v) is 14.6. The molecule has 1 aliphatic carbocycles. The van der Waals surface area contributed by atoms with Crippen molar-refractivity contribution in [2.75, 3.05) is 25.6 Å². The zero-order chi connectivity index (χ0) is 16.8. The van der Waals surface area contributed by atoms with Crippen LogP contribution in [0.3, 0.4) is 0 Å². The first-order valence-corrected chi connectivity index (χ1v) is 9.08. The molecule has 2 amide bonds. The second-order valence-electron chi connectivity index (χ2n) is 5.83. The van der Waals surface area contributed by atoms with E-state index in [1.807, 2.05) is 22.4 Å². The fourth-order valence-electron chi connectivity index (χ4n) is 3.00. The smallest absolute Gasteiger partial charge is 0.323 e.